The van der Waals surface area contributed by atoms with Gasteiger partial charge in [-0.05, 0) is 17.7 Å². The van der Waals surface area contributed by atoms with Gasteiger partial charge in [0.05, 0.1) is 18.7 Å². The number of para-hydroxylation sites is 2. The van der Waals surface area contributed by atoms with E-state index in [1.54, 1.807) is 24.3 Å². The summed E-state index contributed by atoms with van der Waals surface area (Å²) < 4.78 is 10.5. The van der Waals surface area contributed by atoms with Gasteiger partial charge < -0.3 is 14.8 Å². The molecule has 0 fully saturated rings. The second-order valence-electron chi connectivity index (χ2n) is 5.97. The van der Waals surface area contributed by atoms with Crippen LogP contribution in [-0.4, -0.2) is 37.5 Å². The van der Waals surface area contributed by atoms with E-state index in [1.165, 1.54) is 4.90 Å². The highest BCUT2D eigenvalue weighted by molar-refractivity contribution is 5.99. The minimum atomic E-state index is -0.657. The molecule has 0 aromatic heterocycles. The van der Waals surface area contributed by atoms with E-state index < -0.39 is 18.5 Å². The number of hydrogen-bond donors (Lipinski definition) is 1. The number of anilines is 1. The van der Waals surface area contributed by atoms with Gasteiger partial charge in [-0.1, -0.05) is 42.5 Å². The molecule has 7 heteroatoms. The lowest BCUT2D eigenvalue weighted by Crippen LogP contribution is -2.37. The molecule has 140 valence electrons. The van der Waals surface area contributed by atoms with Crippen LogP contribution in [0, 0.1) is 0 Å². The van der Waals surface area contributed by atoms with Crippen LogP contribution in [0.5, 0.6) is 5.75 Å². The van der Waals surface area contributed by atoms with Crippen LogP contribution < -0.4 is 15.0 Å². The number of hydrogen-bond acceptors (Lipinski definition) is 5. The van der Waals surface area contributed by atoms with Crippen molar-refractivity contribution in [2.24, 2.45) is 0 Å². The van der Waals surface area contributed by atoms with Gasteiger partial charge >= 0.3 is 5.97 Å². The topological polar surface area (TPSA) is 84.9 Å². The van der Waals surface area contributed by atoms with Crippen molar-refractivity contribution < 1.29 is 23.9 Å². The van der Waals surface area contributed by atoms with Crippen LogP contribution in [0.4, 0.5) is 5.69 Å². The van der Waals surface area contributed by atoms with Gasteiger partial charge in [-0.15, -0.1) is 0 Å². The van der Waals surface area contributed by atoms with Crippen LogP contribution in [-0.2, 0) is 25.7 Å². The standard InChI is InChI=1S/C20H20N2O5/c23-18(21-12-15-6-2-1-3-7-15)14-27-20(25)13-22-16-8-4-5-9-17(16)26-11-10-19(22)24/h1-9H,10-14H2,(H,21,23). The monoisotopic (exact) mass is 368 g/mol. The van der Waals surface area contributed by atoms with E-state index in [2.05, 4.69) is 5.32 Å². The maximum Gasteiger partial charge on any atom is 0.326 e. The van der Waals surface area contributed by atoms with Crippen LogP contribution in [0.3, 0.4) is 0 Å². The van der Waals surface area contributed by atoms with E-state index in [4.69, 9.17) is 9.47 Å². The van der Waals surface area contributed by atoms with Gasteiger partial charge in [0.1, 0.15) is 12.3 Å². The van der Waals surface area contributed by atoms with Crippen molar-refractivity contribution in [2.45, 2.75) is 13.0 Å². The Morgan fingerprint density at radius 3 is 2.63 bits per heavy atom. The third-order valence-electron chi connectivity index (χ3n) is 4.01. The number of nitrogens with one attached hydrogen (secondary N) is 1. The van der Waals surface area contributed by atoms with Crippen LogP contribution in [0.2, 0.25) is 0 Å². The van der Waals surface area contributed by atoms with E-state index in [-0.39, 0.29) is 25.5 Å². The highest BCUT2D eigenvalue weighted by atomic mass is 16.5. The van der Waals surface area contributed by atoms with Gasteiger partial charge in [0.2, 0.25) is 5.91 Å². The number of carbonyl (C=O) groups is 3. The van der Waals surface area contributed by atoms with E-state index in [9.17, 15) is 14.4 Å². The predicted octanol–water partition coefficient (Wildman–Crippen LogP) is 1.66. The molecule has 1 heterocycles. The Labute approximate surface area is 156 Å². The summed E-state index contributed by atoms with van der Waals surface area (Å²) in [5.41, 5.74) is 1.47. The molecule has 27 heavy (non-hydrogen) atoms. The first-order chi connectivity index (χ1) is 13.1. The van der Waals surface area contributed by atoms with Crippen molar-refractivity contribution in [3.63, 3.8) is 0 Å². The molecule has 0 saturated heterocycles. The molecular formula is C20H20N2O5. The fraction of sp³-hybridized carbons (Fsp3) is 0.250. The quantitative estimate of drug-likeness (QED) is 0.784. The number of carbonyl (C=O) groups excluding carboxylic acids is 3. The summed E-state index contributed by atoms with van der Waals surface area (Å²) in [6.45, 7) is -0.0626. The molecule has 0 saturated carbocycles. The molecule has 0 aliphatic carbocycles. The number of benzene rings is 2. The van der Waals surface area contributed by atoms with Crippen molar-refractivity contribution in [2.75, 3.05) is 24.7 Å². The first-order valence-electron chi connectivity index (χ1n) is 8.62. The summed E-state index contributed by atoms with van der Waals surface area (Å²) in [5, 5.41) is 2.68. The SMILES string of the molecule is O=C(COC(=O)CN1C(=O)CCOc2ccccc21)NCc1ccccc1. The third kappa shape index (κ3) is 5.07. The van der Waals surface area contributed by atoms with Crippen molar-refractivity contribution in [3.05, 3.63) is 60.2 Å². The molecule has 2 aromatic rings. The van der Waals surface area contributed by atoms with Crippen molar-refractivity contribution in [3.8, 4) is 5.75 Å². The average molecular weight is 368 g/mol. The van der Waals surface area contributed by atoms with Crippen LogP contribution >= 0.6 is 0 Å². The zero-order valence-corrected chi connectivity index (χ0v) is 14.7. The Morgan fingerprint density at radius 2 is 1.81 bits per heavy atom. The molecule has 0 unspecified atom stereocenters. The maximum absolute atomic E-state index is 12.3. The highest BCUT2D eigenvalue weighted by Crippen LogP contribution is 2.30. The summed E-state index contributed by atoms with van der Waals surface area (Å²) in [4.78, 5) is 37.6. The molecule has 7 nitrogen and oxygen atoms in total. The van der Waals surface area contributed by atoms with Gasteiger partial charge in [0.15, 0.2) is 6.61 Å². The normalized spacial score (nSPS) is 13.2. The van der Waals surface area contributed by atoms with Crippen LogP contribution in [0.15, 0.2) is 54.6 Å². The van der Waals surface area contributed by atoms with Gasteiger partial charge in [-0.25, -0.2) is 0 Å². The molecule has 0 radical (unpaired) electrons. The molecule has 2 aromatic carbocycles. The number of rotatable bonds is 6. The first kappa shape index (κ1) is 18.4. The highest BCUT2D eigenvalue weighted by Gasteiger charge is 2.25. The van der Waals surface area contributed by atoms with Gasteiger partial charge in [0, 0.05) is 6.54 Å². The largest absolute Gasteiger partial charge is 0.491 e. The lowest BCUT2D eigenvalue weighted by atomic mass is 10.2. The summed E-state index contributed by atoms with van der Waals surface area (Å²) in [5.74, 6) is -0.754. The fourth-order valence-corrected chi connectivity index (χ4v) is 2.66. The van der Waals surface area contributed by atoms with E-state index in [0.29, 0.717) is 18.0 Å². The lowest BCUT2D eigenvalue weighted by molar-refractivity contribution is -0.147. The van der Waals surface area contributed by atoms with Crippen LogP contribution in [0.1, 0.15) is 12.0 Å². The number of fused-ring (bicyclic) bond motifs is 1. The molecule has 0 bridgehead atoms. The molecule has 1 N–H and O–H groups in total. The molecule has 3 rings (SSSR count). The summed E-state index contributed by atoms with van der Waals surface area (Å²) in [6.07, 6.45) is 0.166. The lowest BCUT2D eigenvalue weighted by Gasteiger charge is -2.20. The minimum Gasteiger partial charge on any atom is -0.491 e. The van der Waals surface area contributed by atoms with Gasteiger partial charge in [-0.3, -0.25) is 19.3 Å². The molecule has 0 atom stereocenters. The maximum atomic E-state index is 12.3. The number of ether oxygens (including phenoxy) is 2. The Bertz CT molecular complexity index is 822. The van der Waals surface area contributed by atoms with Crippen molar-refractivity contribution >= 4 is 23.5 Å². The molecule has 0 spiro atoms. The molecular weight excluding hydrogens is 348 g/mol. The Hall–Kier alpha value is -3.35. The summed E-state index contributed by atoms with van der Waals surface area (Å²) >= 11 is 0. The Morgan fingerprint density at radius 1 is 1.07 bits per heavy atom. The number of nitrogens with zero attached hydrogens (tertiary/aromatic N) is 1. The smallest absolute Gasteiger partial charge is 0.326 e. The zero-order chi connectivity index (χ0) is 19.1. The summed E-state index contributed by atoms with van der Waals surface area (Å²) in [6, 6.07) is 16.4. The Balaban J connectivity index is 1.51. The number of esters is 1. The predicted molar refractivity (Wildman–Crippen MR) is 98.2 cm³/mol. The van der Waals surface area contributed by atoms with E-state index >= 15 is 0 Å². The average Bonchev–Trinajstić information content (AvgIpc) is 2.85. The van der Waals surface area contributed by atoms with Crippen LogP contribution in [0.25, 0.3) is 0 Å². The molecule has 2 amide bonds. The molecule has 1 aliphatic heterocycles. The molecule has 1 aliphatic rings. The Kier molecular flexibility index (Phi) is 6.04. The summed E-state index contributed by atoms with van der Waals surface area (Å²) in [7, 11) is 0. The zero-order valence-electron chi connectivity index (χ0n) is 14.7. The van der Waals surface area contributed by atoms with E-state index in [1.807, 2.05) is 30.3 Å². The fourth-order valence-electron chi connectivity index (χ4n) is 2.66. The first-order valence-corrected chi connectivity index (χ1v) is 8.62. The van der Waals surface area contributed by atoms with Crippen molar-refractivity contribution in [1.82, 2.24) is 5.32 Å². The van der Waals surface area contributed by atoms with Gasteiger partial charge in [0.25, 0.3) is 5.91 Å². The van der Waals surface area contributed by atoms with Gasteiger partial charge in [-0.2, -0.15) is 0 Å². The van der Waals surface area contributed by atoms with Crippen molar-refractivity contribution in [1.29, 1.82) is 0 Å². The van der Waals surface area contributed by atoms with E-state index in [0.717, 1.165) is 5.56 Å². The number of amides is 2. The second kappa shape index (κ2) is 8.84. The minimum absolute atomic E-state index is 0.166. The second-order valence-corrected chi connectivity index (χ2v) is 5.97. The third-order valence-corrected chi connectivity index (χ3v) is 4.01.